The van der Waals surface area contributed by atoms with E-state index in [9.17, 15) is 18.0 Å². The molecule has 4 rings (SSSR count). The van der Waals surface area contributed by atoms with Gasteiger partial charge in [0.15, 0.2) is 0 Å². The molecule has 1 atom stereocenters. The molecule has 0 spiro atoms. The number of benzene rings is 2. The SMILES string of the molecule is O=C(CNC(=O)C1CCCN1S(=O)(=O)c1ccccc1)Nc1ccc(-n2cccn2)cc1. The molecule has 3 aromatic rings. The van der Waals surface area contributed by atoms with E-state index in [1.54, 1.807) is 41.2 Å². The lowest BCUT2D eigenvalue weighted by Crippen LogP contribution is -2.47. The van der Waals surface area contributed by atoms with Crippen LogP contribution in [0, 0.1) is 0 Å². The number of sulfonamides is 1. The van der Waals surface area contributed by atoms with Gasteiger partial charge in [0.25, 0.3) is 0 Å². The third-order valence-corrected chi connectivity index (χ3v) is 7.12. The Labute approximate surface area is 186 Å². The number of rotatable bonds is 7. The Balaban J connectivity index is 1.33. The Morgan fingerprint density at radius 1 is 1.03 bits per heavy atom. The fourth-order valence-electron chi connectivity index (χ4n) is 3.63. The maximum Gasteiger partial charge on any atom is 0.243 e. The Bertz CT molecular complexity index is 1180. The molecule has 0 saturated carbocycles. The summed E-state index contributed by atoms with van der Waals surface area (Å²) >= 11 is 0. The molecule has 32 heavy (non-hydrogen) atoms. The van der Waals surface area contributed by atoms with Crippen molar-refractivity contribution < 1.29 is 18.0 Å². The largest absolute Gasteiger partial charge is 0.346 e. The van der Waals surface area contributed by atoms with Gasteiger partial charge in [-0.3, -0.25) is 9.59 Å². The summed E-state index contributed by atoms with van der Waals surface area (Å²) in [6, 6.07) is 16.1. The monoisotopic (exact) mass is 453 g/mol. The summed E-state index contributed by atoms with van der Waals surface area (Å²) in [5.41, 5.74) is 1.43. The minimum atomic E-state index is -3.78. The van der Waals surface area contributed by atoms with E-state index in [1.807, 2.05) is 24.4 Å². The molecule has 1 aromatic heterocycles. The number of hydrogen-bond donors (Lipinski definition) is 2. The van der Waals surface area contributed by atoms with Crippen LogP contribution in [-0.2, 0) is 19.6 Å². The van der Waals surface area contributed by atoms with Crippen LogP contribution in [0.15, 0.2) is 78.0 Å². The highest BCUT2D eigenvalue weighted by Crippen LogP contribution is 2.26. The van der Waals surface area contributed by atoms with Crippen LogP contribution >= 0.6 is 0 Å². The van der Waals surface area contributed by atoms with Crippen LogP contribution < -0.4 is 10.6 Å². The first-order valence-corrected chi connectivity index (χ1v) is 11.6. The van der Waals surface area contributed by atoms with Gasteiger partial charge >= 0.3 is 0 Å². The zero-order valence-corrected chi connectivity index (χ0v) is 18.0. The molecule has 1 aliphatic rings. The predicted octanol–water partition coefficient (Wildman–Crippen LogP) is 1.78. The summed E-state index contributed by atoms with van der Waals surface area (Å²) in [6.45, 7) is 0.0135. The highest BCUT2D eigenvalue weighted by molar-refractivity contribution is 7.89. The number of amides is 2. The molecule has 2 heterocycles. The molecule has 2 amide bonds. The minimum Gasteiger partial charge on any atom is -0.346 e. The molecule has 0 radical (unpaired) electrons. The van der Waals surface area contributed by atoms with Crippen molar-refractivity contribution in [2.45, 2.75) is 23.8 Å². The average Bonchev–Trinajstić information content (AvgIpc) is 3.51. The van der Waals surface area contributed by atoms with Gasteiger partial charge in [-0.2, -0.15) is 9.40 Å². The number of nitrogens with zero attached hydrogens (tertiary/aromatic N) is 3. The van der Waals surface area contributed by atoms with Crippen LogP contribution in [0.25, 0.3) is 5.69 Å². The zero-order valence-electron chi connectivity index (χ0n) is 17.2. The molecule has 1 aliphatic heterocycles. The highest BCUT2D eigenvalue weighted by atomic mass is 32.2. The number of carbonyl (C=O) groups excluding carboxylic acids is 2. The number of anilines is 1. The normalized spacial score (nSPS) is 16.6. The van der Waals surface area contributed by atoms with Crippen molar-refractivity contribution in [3.63, 3.8) is 0 Å². The smallest absolute Gasteiger partial charge is 0.243 e. The van der Waals surface area contributed by atoms with Crippen molar-refractivity contribution in [1.29, 1.82) is 0 Å². The van der Waals surface area contributed by atoms with Crippen molar-refractivity contribution in [3.05, 3.63) is 73.1 Å². The summed E-state index contributed by atoms with van der Waals surface area (Å²) in [7, 11) is -3.78. The Morgan fingerprint density at radius 3 is 2.47 bits per heavy atom. The Morgan fingerprint density at radius 2 is 1.78 bits per heavy atom. The lowest BCUT2D eigenvalue weighted by Gasteiger charge is -2.23. The summed E-state index contributed by atoms with van der Waals surface area (Å²) in [4.78, 5) is 25.1. The maximum atomic E-state index is 12.9. The Hall–Kier alpha value is -3.50. The zero-order chi connectivity index (χ0) is 22.6. The van der Waals surface area contributed by atoms with Gasteiger partial charge < -0.3 is 10.6 Å². The first-order valence-electron chi connectivity index (χ1n) is 10.2. The molecule has 1 unspecified atom stereocenters. The highest BCUT2D eigenvalue weighted by Gasteiger charge is 2.39. The van der Waals surface area contributed by atoms with Crippen LogP contribution in [-0.4, -0.2) is 53.4 Å². The standard InChI is InChI=1S/C22H23N5O4S/c28-21(25-17-9-11-18(12-10-17)26-14-5-13-24-26)16-23-22(29)20-8-4-15-27(20)32(30,31)19-6-2-1-3-7-19/h1-3,5-7,9-14,20H,4,8,15-16H2,(H,23,29)(H,25,28). The van der Waals surface area contributed by atoms with E-state index in [1.165, 1.54) is 16.4 Å². The van der Waals surface area contributed by atoms with Gasteiger partial charge in [0.1, 0.15) is 6.04 Å². The molecule has 9 nitrogen and oxygen atoms in total. The van der Waals surface area contributed by atoms with E-state index < -0.39 is 27.9 Å². The third kappa shape index (κ3) is 4.71. The van der Waals surface area contributed by atoms with E-state index >= 15 is 0 Å². The van der Waals surface area contributed by atoms with E-state index in [4.69, 9.17) is 0 Å². The number of carbonyl (C=O) groups is 2. The van der Waals surface area contributed by atoms with Crippen molar-refractivity contribution in [1.82, 2.24) is 19.4 Å². The minimum absolute atomic E-state index is 0.149. The van der Waals surface area contributed by atoms with Gasteiger partial charge in [-0.15, -0.1) is 0 Å². The molecule has 0 aliphatic carbocycles. The van der Waals surface area contributed by atoms with Crippen molar-refractivity contribution >= 4 is 27.5 Å². The van der Waals surface area contributed by atoms with Gasteiger partial charge in [-0.05, 0) is 55.3 Å². The van der Waals surface area contributed by atoms with Crippen molar-refractivity contribution in [2.24, 2.45) is 0 Å². The van der Waals surface area contributed by atoms with Gasteiger partial charge in [0.2, 0.25) is 21.8 Å². The lowest BCUT2D eigenvalue weighted by atomic mass is 10.2. The second-order valence-electron chi connectivity index (χ2n) is 7.35. The number of aromatic nitrogens is 2. The second-order valence-corrected chi connectivity index (χ2v) is 9.24. The second kappa shape index (κ2) is 9.33. The van der Waals surface area contributed by atoms with Gasteiger partial charge in [-0.1, -0.05) is 18.2 Å². The molecule has 2 N–H and O–H groups in total. The molecule has 0 bridgehead atoms. The maximum absolute atomic E-state index is 12.9. The molecule has 10 heteroatoms. The van der Waals surface area contributed by atoms with Crippen LogP contribution in [0.4, 0.5) is 5.69 Å². The van der Waals surface area contributed by atoms with Crippen LogP contribution in [0.5, 0.6) is 0 Å². The average molecular weight is 454 g/mol. The number of hydrogen-bond acceptors (Lipinski definition) is 5. The molecule has 166 valence electrons. The fourth-order valence-corrected chi connectivity index (χ4v) is 5.30. The summed E-state index contributed by atoms with van der Waals surface area (Å²) in [5, 5.41) is 9.41. The number of nitrogens with one attached hydrogen (secondary N) is 2. The quantitative estimate of drug-likeness (QED) is 0.566. The molecular weight excluding hydrogens is 430 g/mol. The first kappa shape index (κ1) is 21.7. The topological polar surface area (TPSA) is 113 Å². The van der Waals surface area contributed by atoms with E-state index in [0.717, 1.165) is 5.69 Å². The fraction of sp³-hybridized carbons (Fsp3) is 0.227. The van der Waals surface area contributed by atoms with Gasteiger partial charge in [0, 0.05) is 24.6 Å². The molecular formula is C22H23N5O4S. The summed E-state index contributed by atoms with van der Waals surface area (Å²) in [5.74, 6) is -0.883. The van der Waals surface area contributed by atoms with Gasteiger partial charge in [0.05, 0.1) is 17.1 Å². The molecule has 1 saturated heterocycles. The van der Waals surface area contributed by atoms with E-state index in [0.29, 0.717) is 18.5 Å². The van der Waals surface area contributed by atoms with Crippen LogP contribution in [0.3, 0.4) is 0 Å². The van der Waals surface area contributed by atoms with Crippen molar-refractivity contribution in [2.75, 3.05) is 18.4 Å². The van der Waals surface area contributed by atoms with Crippen LogP contribution in [0.2, 0.25) is 0 Å². The van der Waals surface area contributed by atoms with Crippen LogP contribution in [0.1, 0.15) is 12.8 Å². The predicted molar refractivity (Wildman–Crippen MR) is 119 cm³/mol. The molecule has 2 aromatic carbocycles. The van der Waals surface area contributed by atoms with E-state index in [-0.39, 0.29) is 18.0 Å². The van der Waals surface area contributed by atoms with E-state index in [2.05, 4.69) is 15.7 Å². The van der Waals surface area contributed by atoms with Crippen molar-refractivity contribution in [3.8, 4) is 5.69 Å². The summed E-state index contributed by atoms with van der Waals surface area (Å²) in [6.07, 6.45) is 4.48. The first-order chi connectivity index (χ1) is 15.4. The lowest BCUT2D eigenvalue weighted by molar-refractivity contribution is -0.126. The van der Waals surface area contributed by atoms with Gasteiger partial charge in [-0.25, -0.2) is 13.1 Å². The summed E-state index contributed by atoms with van der Waals surface area (Å²) < 4.78 is 28.7. The third-order valence-electron chi connectivity index (χ3n) is 5.20. The Kier molecular flexibility index (Phi) is 6.33. The molecule has 1 fully saturated rings.